The van der Waals surface area contributed by atoms with Crippen LogP contribution in [0, 0.1) is 6.92 Å². The summed E-state index contributed by atoms with van der Waals surface area (Å²) < 4.78 is 1.83. The highest BCUT2D eigenvalue weighted by atomic mass is 16.1. The second-order valence-corrected chi connectivity index (χ2v) is 6.54. The number of carbonyl (C=O) groups excluding carboxylic acids is 1. The zero-order valence-corrected chi connectivity index (χ0v) is 15.6. The molecule has 5 heteroatoms. The van der Waals surface area contributed by atoms with E-state index in [0.29, 0.717) is 12.1 Å². The fourth-order valence-corrected chi connectivity index (χ4v) is 3.51. The number of benzene rings is 1. The molecule has 0 aliphatic carbocycles. The fourth-order valence-electron chi connectivity index (χ4n) is 3.51. The number of hydrogen-bond donors (Lipinski definition) is 0. The van der Waals surface area contributed by atoms with E-state index in [9.17, 15) is 4.79 Å². The predicted molar refractivity (Wildman–Crippen MR) is 107 cm³/mol. The topological polar surface area (TPSA) is 60.7 Å². The first kappa shape index (κ1) is 17.1. The first-order valence-electron chi connectivity index (χ1n) is 8.96. The highest BCUT2D eigenvalue weighted by molar-refractivity contribution is 6.04. The lowest BCUT2D eigenvalue weighted by atomic mass is 9.93. The lowest BCUT2D eigenvalue weighted by Crippen LogP contribution is -2.04. The molecule has 0 radical (unpaired) electrons. The van der Waals surface area contributed by atoms with Gasteiger partial charge in [0.1, 0.15) is 5.69 Å². The van der Waals surface area contributed by atoms with Gasteiger partial charge < -0.3 is 0 Å². The van der Waals surface area contributed by atoms with Gasteiger partial charge in [-0.1, -0.05) is 13.0 Å². The molecule has 0 spiro atoms. The number of pyridine rings is 2. The number of ketones is 1. The standard InChI is InChI=1S/C22H20N4O/c1-4-21(27)19-13-17(20-9-12-24-26(20)3)22-14(2)16(5-6-18(22)25-19)15-7-10-23-11-8-15/h5-13H,4H2,1-3H3. The Balaban J connectivity index is 2.07. The molecule has 4 aromatic rings. The van der Waals surface area contributed by atoms with Gasteiger partial charge in [-0.15, -0.1) is 0 Å². The van der Waals surface area contributed by atoms with Crippen LogP contribution in [-0.2, 0) is 7.05 Å². The zero-order chi connectivity index (χ0) is 19.0. The molecule has 0 N–H and O–H groups in total. The van der Waals surface area contributed by atoms with Crippen LogP contribution in [0.1, 0.15) is 29.4 Å². The van der Waals surface area contributed by atoms with E-state index in [1.807, 2.05) is 49.0 Å². The van der Waals surface area contributed by atoms with E-state index < -0.39 is 0 Å². The van der Waals surface area contributed by atoms with Gasteiger partial charge >= 0.3 is 0 Å². The van der Waals surface area contributed by atoms with Gasteiger partial charge in [-0.3, -0.25) is 14.5 Å². The van der Waals surface area contributed by atoms with Crippen molar-refractivity contribution in [2.24, 2.45) is 7.05 Å². The summed E-state index contributed by atoms with van der Waals surface area (Å²) in [5, 5.41) is 5.35. The molecular formula is C22H20N4O. The molecule has 0 atom stereocenters. The van der Waals surface area contributed by atoms with Gasteiger partial charge in [0.2, 0.25) is 0 Å². The molecule has 0 bridgehead atoms. The molecule has 0 saturated carbocycles. The lowest BCUT2D eigenvalue weighted by Gasteiger charge is -2.15. The van der Waals surface area contributed by atoms with Crippen LogP contribution in [0.15, 0.2) is 55.0 Å². The van der Waals surface area contributed by atoms with Gasteiger partial charge in [0.25, 0.3) is 0 Å². The van der Waals surface area contributed by atoms with Crippen molar-refractivity contribution in [3.63, 3.8) is 0 Å². The van der Waals surface area contributed by atoms with Crippen LogP contribution in [0.2, 0.25) is 0 Å². The molecule has 0 unspecified atom stereocenters. The molecule has 27 heavy (non-hydrogen) atoms. The van der Waals surface area contributed by atoms with Crippen molar-refractivity contribution in [1.29, 1.82) is 0 Å². The highest BCUT2D eigenvalue weighted by Gasteiger charge is 2.17. The minimum Gasteiger partial charge on any atom is -0.292 e. The van der Waals surface area contributed by atoms with Crippen molar-refractivity contribution >= 4 is 16.7 Å². The highest BCUT2D eigenvalue weighted by Crippen LogP contribution is 2.35. The van der Waals surface area contributed by atoms with E-state index in [0.717, 1.165) is 38.9 Å². The molecule has 0 saturated heterocycles. The Morgan fingerprint density at radius 3 is 2.48 bits per heavy atom. The quantitative estimate of drug-likeness (QED) is 0.502. The SMILES string of the molecule is CCC(=O)c1cc(-c2ccnn2C)c2c(C)c(-c3ccncc3)ccc2n1. The van der Waals surface area contributed by atoms with Gasteiger partial charge in [-0.25, -0.2) is 4.98 Å². The van der Waals surface area contributed by atoms with Crippen LogP contribution in [0.25, 0.3) is 33.3 Å². The molecule has 0 amide bonds. The number of hydrogen-bond acceptors (Lipinski definition) is 4. The monoisotopic (exact) mass is 356 g/mol. The number of carbonyl (C=O) groups is 1. The number of nitrogens with zero attached hydrogens (tertiary/aromatic N) is 4. The normalized spacial score (nSPS) is 11.1. The maximum Gasteiger partial charge on any atom is 0.180 e. The summed E-state index contributed by atoms with van der Waals surface area (Å²) in [5.74, 6) is 0.0381. The first-order chi connectivity index (χ1) is 13.1. The molecular weight excluding hydrogens is 336 g/mol. The summed E-state index contributed by atoms with van der Waals surface area (Å²) in [4.78, 5) is 21.1. The minimum absolute atomic E-state index is 0.0381. The smallest absolute Gasteiger partial charge is 0.180 e. The lowest BCUT2D eigenvalue weighted by molar-refractivity contribution is 0.0984. The largest absolute Gasteiger partial charge is 0.292 e. The maximum absolute atomic E-state index is 12.3. The van der Waals surface area contributed by atoms with E-state index in [-0.39, 0.29) is 5.78 Å². The molecule has 3 aromatic heterocycles. The average Bonchev–Trinajstić information content (AvgIpc) is 3.13. The Labute approximate surface area is 157 Å². The van der Waals surface area contributed by atoms with Gasteiger partial charge in [0.05, 0.1) is 11.2 Å². The third-order valence-corrected chi connectivity index (χ3v) is 4.93. The predicted octanol–water partition coefficient (Wildman–Crippen LogP) is 4.60. The molecule has 0 aliphatic heterocycles. The molecule has 4 rings (SSSR count). The summed E-state index contributed by atoms with van der Waals surface area (Å²) in [6.45, 7) is 3.96. The van der Waals surface area contributed by atoms with Crippen LogP contribution in [0.3, 0.4) is 0 Å². The Morgan fingerprint density at radius 2 is 1.81 bits per heavy atom. The molecule has 1 aromatic carbocycles. The van der Waals surface area contributed by atoms with Crippen molar-refractivity contribution in [2.75, 3.05) is 0 Å². The molecule has 5 nitrogen and oxygen atoms in total. The number of aromatic nitrogens is 4. The molecule has 3 heterocycles. The summed E-state index contributed by atoms with van der Waals surface area (Å²) in [7, 11) is 1.91. The van der Waals surface area contributed by atoms with Gasteiger partial charge in [0.15, 0.2) is 5.78 Å². The van der Waals surface area contributed by atoms with Crippen molar-refractivity contribution in [2.45, 2.75) is 20.3 Å². The number of rotatable bonds is 4. The van der Waals surface area contributed by atoms with Crippen LogP contribution in [0.4, 0.5) is 0 Å². The number of fused-ring (bicyclic) bond motifs is 1. The molecule has 0 aliphatic rings. The fraction of sp³-hybridized carbons (Fsp3) is 0.182. The van der Waals surface area contributed by atoms with Crippen LogP contribution in [0.5, 0.6) is 0 Å². The third-order valence-electron chi connectivity index (χ3n) is 4.93. The Morgan fingerprint density at radius 1 is 1.04 bits per heavy atom. The second-order valence-electron chi connectivity index (χ2n) is 6.54. The van der Waals surface area contributed by atoms with Crippen LogP contribution < -0.4 is 0 Å². The van der Waals surface area contributed by atoms with E-state index in [1.54, 1.807) is 18.6 Å². The van der Waals surface area contributed by atoms with Crippen molar-refractivity contribution in [3.8, 4) is 22.4 Å². The zero-order valence-electron chi connectivity index (χ0n) is 15.6. The Hall–Kier alpha value is -3.34. The van der Waals surface area contributed by atoms with E-state index >= 15 is 0 Å². The molecule has 134 valence electrons. The Kier molecular flexibility index (Phi) is 4.28. The third kappa shape index (κ3) is 2.91. The van der Waals surface area contributed by atoms with Crippen molar-refractivity contribution < 1.29 is 4.79 Å². The van der Waals surface area contributed by atoms with Gasteiger partial charge in [-0.2, -0.15) is 5.10 Å². The first-order valence-corrected chi connectivity index (χ1v) is 8.96. The summed E-state index contributed by atoms with van der Waals surface area (Å²) in [5.41, 5.74) is 6.61. The van der Waals surface area contributed by atoms with E-state index in [4.69, 9.17) is 0 Å². The van der Waals surface area contributed by atoms with Crippen molar-refractivity contribution in [3.05, 3.63) is 66.2 Å². The summed E-state index contributed by atoms with van der Waals surface area (Å²) >= 11 is 0. The minimum atomic E-state index is 0.0381. The maximum atomic E-state index is 12.3. The van der Waals surface area contributed by atoms with Crippen molar-refractivity contribution in [1.82, 2.24) is 19.7 Å². The van der Waals surface area contributed by atoms with E-state index in [1.165, 1.54) is 0 Å². The van der Waals surface area contributed by atoms with Crippen LogP contribution in [-0.4, -0.2) is 25.5 Å². The van der Waals surface area contributed by atoms with Crippen LogP contribution >= 0.6 is 0 Å². The van der Waals surface area contributed by atoms with E-state index in [2.05, 4.69) is 28.1 Å². The average molecular weight is 356 g/mol. The second kappa shape index (κ2) is 6.76. The Bertz CT molecular complexity index is 1150. The summed E-state index contributed by atoms with van der Waals surface area (Å²) in [6.07, 6.45) is 5.78. The molecule has 0 fully saturated rings. The number of Topliss-reactive ketones (excluding diaryl/α,β-unsaturated/α-hetero) is 1. The summed E-state index contributed by atoms with van der Waals surface area (Å²) in [6, 6.07) is 11.9. The van der Waals surface area contributed by atoms with Gasteiger partial charge in [0, 0.05) is 43.0 Å². The van der Waals surface area contributed by atoms with Gasteiger partial charge in [-0.05, 0) is 53.9 Å². The number of aryl methyl sites for hydroxylation is 2.